The first-order chi connectivity index (χ1) is 13.3. The highest BCUT2D eigenvalue weighted by Crippen LogP contribution is 2.20. The minimum Gasteiger partial charge on any atom is -0.491 e. The zero-order valence-corrected chi connectivity index (χ0v) is 15.4. The maximum atomic E-state index is 6.00. The molecule has 0 spiro atoms. The molecule has 1 heterocycles. The van der Waals surface area contributed by atoms with Crippen molar-refractivity contribution in [2.45, 2.75) is 13.5 Å². The second-order valence-electron chi connectivity index (χ2n) is 6.47. The number of ether oxygens (including phenoxy) is 1. The lowest BCUT2D eigenvalue weighted by atomic mass is 10.2. The van der Waals surface area contributed by atoms with Gasteiger partial charge in [-0.15, -0.1) is 0 Å². The highest BCUT2D eigenvalue weighted by atomic mass is 16.5. The molecule has 4 aromatic rings. The predicted molar refractivity (Wildman–Crippen MR) is 112 cm³/mol. The fourth-order valence-electron chi connectivity index (χ4n) is 3.16. The van der Waals surface area contributed by atoms with E-state index in [1.165, 1.54) is 0 Å². The van der Waals surface area contributed by atoms with Crippen molar-refractivity contribution in [1.29, 1.82) is 0 Å². The largest absolute Gasteiger partial charge is 0.491 e. The molecule has 4 rings (SSSR count). The van der Waals surface area contributed by atoms with E-state index in [1.54, 1.807) is 0 Å². The Balaban J connectivity index is 1.58. The normalized spacial score (nSPS) is 11.3. The first-order valence-corrected chi connectivity index (χ1v) is 9.18. The summed E-state index contributed by atoms with van der Waals surface area (Å²) in [6.45, 7) is 3.40. The highest BCUT2D eigenvalue weighted by Gasteiger charge is 2.08. The second-order valence-corrected chi connectivity index (χ2v) is 6.47. The standard InChI is InChI=1S/C24H22N2O/c1-19-9-5-8-14-23(19)27-18-17-26-22-13-7-6-12-21(22)25-24(26)16-15-20-10-3-2-4-11-20/h2-16H,17-18H2,1H3. The van der Waals surface area contributed by atoms with Crippen LogP contribution in [0.15, 0.2) is 78.9 Å². The zero-order chi connectivity index (χ0) is 18.5. The monoisotopic (exact) mass is 354 g/mol. The van der Waals surface area contributed by atoms with Crippen molar-refractivity contribution in [3.05, 3.63) is 95.8 Å². The van der Waals surface area contributed by atoms with E-state index in [0.29, 0.717) is 6.61 Å². The topological polar surface area (TPSA) is 27.1 Å². The summed E-state index contributed by atoms with van der Waals surface area (Å²) < 4.78 is 8.22. The Morgan fingerprint density at radius 1 is 0.852 bits per heavy atom. The summed E-state index contributed by atoms with van der Waals surface area (Å²) in [5, 5.41) is 0. The minimum absolute atomic E-state index is 0.595. The Bertz CT molecular complexity index is 1060. The summed E-state index contributed by atoms with van der Waals surface area (Å²) in [6.07, 6.45) is 4.17. The van der Waals surface area contributed by atoms with Gasteiger partial charge in [-0.2, -0.15) is 0 Å². The van der Waals surface area contributed by atoms with E-state index in [2.05, 4.69) is 47.9 Å². The molecule has 0 N–H and O–H groups in total. The van der Waals surface area contributed by atoms with Gasteiger partial charge in [-0.3, -0.25) is 0 Å². The quantitative estimate of drug-likeness (QED) is 0.451. The van der Waals surface area contributed by atoms with Crippen molar-refractivity contribution in [2.24, 2.45) is 0 Å². The number of hydrogen-bond acceptors (Lipinski definition) is 2. The molecule has 3 aromatic carbocycles. The highest BCUT2D eigenvalue weighted by molar-refractivity contribution is 5.79. The van der Waals surface area contributed by atoms with Crippen LogP contribution in [0, 0.1) is 6.92 Å². The van der Waals surface area contributed by atoms with Gasteiger partial charge in [0.2, 0.25) is 0 Å². The van der Waals surface area contributed by atoms with E-state index in [-0.39, 0.29) is 0 Å². The van der Waals surface area contributed by atoms with Crippen LogP contribution in [-0.2, 0) is 6.54 Å². The molecule has 0 saturated heterocycles. The van der Waals surface area contributed by atoms with E-state index >= 15 is 0 Å². The van der Waals surface area contributed by atoms with Gasteiger partial charge in [0.15, 0.2) is 0 Å². The Hall–Kier alpha value is -3.33. The Morgan fingerprint density at radius 3 is 2.44 bits per heavy atom. The number of hydrogen-bond donors (Lipinski definition) is 0. The maximum absolute atomic E-state index is 6.00. The molecule has 0 atom stereocenters. The number of aryl methyl sites for hydroxylation is 1. The van der Waals surface area contributed by atoms with Gasteiger partial charge >= 0.3 is 0 Å². The third-order valence-electron chi connectivity index (χ3n) is 4.57. The summed E-state index contributed by atoms with van der Waals surface area (Å²) in [6, 6.07) is 26.6. The molecule has 134 valence electrons. The van der Waals surface area contributed by atoms with Crippen LogP contribution in [0.1, 0.15) is 17.0 Å². The number of fused-ring (bicyclic) bond motifs is 1. The van der Waals surface area contributed by atoms with Gasteiger partial charge in [-0.05, 0) is 42.3 Å². The Kier molecular flexibility index (Phi) is 5.01. The summed E-state index contributed by atoms with van der Waals surface area (Å²) in [4.78, 5) is 4.79. The van der Waals surface area contributed by atoms with E-state index < -0.39 is 0 Å². The fraction of sp³-hybridized carbons (Fsp3) is 0.125. The van der Waals surface area contributed by atoms with E-state index in [4.69, 9.17) is 9.72 Å². The van der Waals surface area contributed by atoms with Gasteiger partial charge in [-0.1, -0.05) is 66.7 Å². The molecule has 0 radical (unpaired) electrons. The number of nitrogens with zero attached hydrogens (tertiary/aromatic N) is 2. The molecular weight excluding hydrogens is 332 g/mol. The number of para-hydroxylation sites is 3. The molecule has 27 heavy (non-hydrogen) atoms. The lowest BCUT2D eigenvalue weighted by molar-refractivity contribution is 0.298. The van der Waals surface area contributed by atoms with Crippen LogP contribution in [0.25, 0.3) is 23.2 Å². The fourth-order valence-corrected chi connectivity index (χ4v) is 3.16. The average Bonchev–Trinajstić information content (AvgIpc) is 3.06. The molecule has 0 saturated carbocycles. The summed E-state index contributed by atoms with van der Waals surface area (Å²) in [7, 11) is 0. The van der Waals surface area contributed by atoms with E-state index in [9.17, 15) is 0 Å². The molecule has 0 aliphatic carbocycles. The molecule has 1 aromatic heterocycles. The van der Waals surface area contributed by atoms with E-state index in [1.807, 2.05) is 54.6 Å². The van der Waals surface area contributed by atoms with Crippen molar-refractivity contribution in [1.82, 2.24) is 9.55 Å². The summed E-state index contributed by atoms with van der Waals surface area (Å²) in [5.41, 5.74) is 4.43. The van der Waals surface area contributed by atoms with Gasteiger partial charge in [0, 0.05) is 0 Å². The molecule has 0 amide bonds. The smallest absolute Gasteiger partial charge is 0.133 e. The minimum atomic E-state index is 0.595. The number of benzene rings is 3. The van der Waals surface area contributed by atoms with Gasteiger partial charge in [0.05, 0.1) is 17.6 Å². The van der Waals surface area contributed by atoms with E-state index in [0.717, 1.165) is 40.3 Å². The predicted octanol–water partition coefficient (Wildman–Crippen LogP) is 5.59. The summed E-state index contributed by atoms with van der Waals surface area (Å²) >= 11 is 0. The number of imidazole rings is 1. The first kappa shape index (κ1) is 17.1. The van der Waals surface area contributed by atoms with Gasteiger partial charge in [0.25, 0.3) is 0 Å². The van der Waals surface area contributed by atoms with Crippen LogP contribution >= 0.6 is 0 Å². The SMILES string of the molecule is Cc1ccccc1OCCn1c(C=Cc2ccccc2)nc2ccccc21. The molecule has 0 aliphatic heterocycles. The van der Waals surface area contributed by atoms with Crippen molar-refractivity contribution in [3.63, 3.8) is 0 Å². The molecule has 3 heteroatoms. The van der Waals surface area contributed by atoms with Crippen molar-refractivity contribution < 1.29 is 4.74 Å². The molecule has 3 nitrogen and oxygen atoms in total. The van der Waals surface area contributed by atoms with Gasteiger partial charge in [0.1, 0.15) is 18.2 Å². The van der Waals surface area contributed by atoms with Crippen molar-refractivity contribution >= 4 is 23.2 Å². The number of aromatic nitrogens is 2. The van der Waals surface area contributed by atoms with Gasteiger partial charge in [-0.25, -0.2) is 4.98 Å². The average molecular weight is 354 g/mol. The molecule has 0 unspecified atom stereocenters. The second kappa shape index (κ2) is 7.92. The Labute approximate surface area is 159 Å². The lowest BCUT2D eigenvalue weighted by Gasteiger charge is -2.11. The Morgan fingerprint density at radius 2 is 1.59 bits per heavy atom. The molecule has 0 bridgehead atoms. The molecule has 0 aliphatic rings. The van der Waals surface area contributed by atoms with Crippen LogP contribution in [0.4, 0.5) is 0 Å². The maximum Gasteiger partial charge on any atom is 0.133 e. The van der Waals surface area contributed by atoms with Crippen LogP contribution < -0.4 is 4.74 Å². The van der Waals surface area contributed by atoms with Gasteiger partial charge < -0.3 is 9.30 Å². The van der Waals surface area contributed by atoms with Crippen LogP contribution in [0.3, 0.4) is 0 Å². The van der Waals surface area contributed by atoms with Crippen molar-refractivity contribution in [3.8, 4) is 5.75 Å². The third kappa shape index (κ3) is 3.93. The summed E-state index contributed by atoms with van der Waals surface area (Å²) in [5.74, 6) is 1.87. The molecule has 0 fully saturated rings. The zero-order valence-electron chi connectivity index (χ0n) is 15.4. The van der Waals surface area contributed by atoms with Crippen LogP contribution in [0.5, 0.6) is 5.75 Å². The van der Waals surface area contributed by atoms with Crippen LogP contribution in [0.2, 0.25) is 0 Å². The van der Waals surface area contributed by atoms with Crippen LogP contribution in [-0.4, -0.2) is 16.2 Å². The van der Waals surface area contributed by atoms with Crippen molar-refractivity contribution in [2.75, 3.05) is 6.61 Å². The first-order valence-electron chi connectivity index (χ1n) is 9.18. The molecular formula is C24H22N2O. The lowest BCUT2D eigenvalue weighted by Crippen LogP contribution is -2.10. The third-order valence-corrected chi connectivity index (χ3v) is 4.57. The number of rotatable bonds is 6.